The molecule has 0 bridgehead atoms. The standard InChI is InChI=1S/C18H10F3N5O2S/c19-18(20,21)12-3-1-2-4-13(12)26-16(27)14(29-17(26)28)9-10-5-7-11(8-6-10)15-22-24-25-23-15/h1-9H,(H,22,23,24,25)/b14-9-. The van der Waals surface area contributed by atoms with E-state index in [1.54, 1.807) is 24.3 Å². The highest BCUT2D eigenvalue weighted by Gasteiger charge is 2.42. The van der Waals surface area contributed by atoms with Gasteiger partial charge < -0.3 is 0 Å². The van der Waals surface area contributed by atoms with Crippen LogP contribution in [0.5, 0.6) is 0 Å². The van der Waals surface area contributed by atoms with Crippen LogP contribution in [0.25, 0.3) is 17.5 Å². The van der Waals surface area contributed by atoms with Crippen molar-refractivity contribution >= 4 is 34.7 Å². The van der Waals surface area contributed by atoms with Gasteiger partial charge >= 0.3 is 6.18 Å². The molecule has 3 aromatic rings. The first kappa shape index (κ1) is 18.9. The molecule has 0 aliphatic carbocycles. The molecule has 1 aromatic heterocycles. The molecular formula is C18H10F3N5O2S. The molecule has 4 rings (SSSR count). The normalized spacial score (nSPS) is 16.1. The second-order valence-electron chi connectivity index (χ2n) is 5.90. The number of carbonyl (C=O) groups is 2. The number of nitrogens with one attached hydrogen (secondary N) is 1. The first-order chi connectivity index (χ1) is 13.8. The molecule has 7 nitrogen and oxygen atoms in total. The average Bonchev–Trinajstić information content (AvgIpc) is 3.31. The fraction of sp³-hybridized carbons (Fsp3) is 0.0556. The van der Waals surface area contributed by atoms with Gasteiger partial charge in [-0.05, 0) is 46.0 Å². The Hall–Kier alpha value is -3.47. The molecule has 0 unspecified atom stereocenters. The highest BCUT2D eigenvalue weighted by molar-refractivity contribution is 8.19. The van der Waals surface area contributed by atoms with E-state index in [2.05, 4.69) is 20.6 Å². The predicted molar refractivity (Wildman–Crippen MR) is 99.5 cm³/mol. The SMILES string of the molecule is O=C1S/C(=C\c2ccc(-c3nnn[nH]3)cc2)C(=O)N1c1ccccc1C(F)(F)F. The van der Waals surface area contributed by atoms with Crippen LogP contribution in [0.1, 0.15) is 11.1 Å². The van der Waals surface area contributed by atoms with E-state index in [1.807, 2.05) is 0 Å². The van der Waals surface area contributed by atoms with E-state index in [-0.39, 0.29) is 4.91 Å². The Labute approximate surface area is 165 Å². The molecule has 1 aliphatic heterocycles. The van der Waals surface area contributed by atoms with Crippen LogP contribution < -0.4 is 4.90 Å². The number of carbonyl (C=O) groups excluding carboxylic acids is 2. The summed E-state index contributed by atoms with van der Waals surface area (Å²) < 4.78 is 39.8. The van der Waals surface area contributed by atoms with Gasteiger partial charge in [-0.1, -0.05) is 36.4 Å². The smallest absolute Gasteiger partial charge is 0.268 e. The van der Waals surface area contributed by atoms with Crippen molar-refractivity contribution in [3.63, 3.8) is 0 Å². The number of amides is 2. The Kier molecular flexibility index (Phi) is 4.66. The van der Waals surface area contributed by atoms with Gasteiger partial charge in [0.25, 0.3) is 11.1 Å². The molecule has 29 heavy (non-hydrogen) atoms. The summed E-state index contributed by atoms with van der Waals surface area (Å²) in [6.07, 6.45) is -3.25. The van der Waals surface area contributed by atoms with Crippen LogP contribution in [0, 0.1) is 0 Å². The first-order valence-corrected chi connectivity index (χ1v) is 8.94. The molecule has 2 heterocycles. The first-order valence-electron chi connectivity index (χ1n) is 8.13. The van der Waals surface area contributed by atoms with Crippen LogP contribution in [0.15, 0.2) is 53.4 Å². The van der Waals surface area contributed by atoms with Crippen molar-refractivity contribution in [2.24, 2.45) is 0 Å². The molecule has 0 atom stereocenters. The van der Waals surface area contributed by atoms with E-state index in [9.17, 15) is 22.8 Å². The minimum absolute atomic E-state index is 0.0288. The van der Waals surface area contributed by atoms with Gasteiger partial charge in [0, 0.05) is 5.56 Å². The largest absolute Gasteiger partial charge is 0.418 e. The lowest BCUT2D eigenvalue weighted by molar-refractivity contribution is -0.137. The van der Waals surface area contributed by atoms with Gasteiger partial charge in [-0.15, -0.1) is 5.10 Å². The number of aromatic amines is 1. The Bertz CT molecular complexity index is 1110. The van der Waals surface area contributed by atoms with Crippen LogP contribution >= 0.6 is 11.8 Å². The molecule has 2 aromatic carbocycles. The number of aromatic nitrogens is 4. The molecule has 1 fully saturated rings. The Morgan fingerprint density at radius 1 is 1.03 bits per heavy atom. The lowest BCUT2D eigenvalue weighted by Crippen LogP contribution is -2.30. The predicted octanol–water partition coefficient (Wildman–Crippen LogP) is 4.13. The lowest BCUT2D eigenvalue weighted by atomic mass is 10.1. The monoisotopic (exact) mass is 417 g/mol. The minimum Gasteiger partial charge on any atom is -0.268 e. The fourth-order valence-corrected chi connectivity index (χ4v) is 3.59. The number of H-pyrrole nitrogens is 1. The van der Waals surface area contributed by atoms with Crippen LogP contribution in [-0.2, 0) is 11.0 Å². The zero-order chi connectivity index (χ0) is 20.6. The molecule has 0 radical (unpaired) electrons. The number of nitrogens with zero attached hydrogens (tertiary/aromatic N) is 4. The molecule has 0 spiro atoms. The minimum atomic E-state index is -4.69. The number of alkyl halides is 3. The van der Waals surface area contributed by atoms with E-state index in [4.69, 9.17) is 0 Å². The van der Waals surface area contributed by atoms with Crippen molar-refractivity contribution in [1.29, 1.82) is 0 Å². The number of anilines is 1. The summed E-state index contributed by atoms with van der Waals surface area (Å²) in [6, 6.07) is 11.2. The van der Waals surface area contributed by atoms with Gasteiger partial charge in [-0.2, -0.15) is 13.2 Å². The molecule has 1 saturated heterocycles. The van der Waals surface area contributed by atoms with Gasteiger partial charge in [-0.3, -0.25) is 9.59 Å². The maximum Gasteiger partial charge on any atom is 0.418 e. The Morgan fingerprint density at radius 3 is 2.41 bits per heavy atom. The number of halogens is 3. The number of imide groups is 1. The van der Waals surface area contributed by atoms with E-state index in [0.29, 0.717) is 33.6 Å². The second-order valence-corrected chi connectivity index (χ2v) is 6.90. The second kappa shape index (κ2) is 7.17. The van der Waals surface area contributed by atoms with Crippen molar-refractivity contribution in [3.05, 3.63) is 64.6 Å². The molecule has 0 saturated carbocycles. The average molecular weight is 417 g/mol. The number of thioether (sulfide) groups is 1. The molecule has 1 N–H and O–H groups in total. The quantitative estimate of drug-likeness (QED) is 0.645. The van der Waals surface area contributed by atoms with Gasteiger partial charge in [0.2, 0.25) is 0 Å². The number of hydrogen-bond acceptors (Lipinski definition) is 6. The van der Waals surface area contributed by atoms with E-state index >= 15 is 0 Å². The van der Waals surface area contributed by atoms with Crippen LogP contribution in [0.3, 0.4) is 0 Å². The van der Waals surface area contributed by atoms with Crippen molar-refractivity contribution < 1.29 is 22.8 Å². The third-order valence-electron chi connectivity index (χ3n) is 4.07. The third kappa shape index (κ3) is 3.63. The van der Waals surface area contributed by atoms with Crippen molar-refractivity contribution in [2.75, 3.05) is 4.90 Å². The summed E-state index contributed by atoms with van der Waals surface area (Å²) in [5, 5.41) is 12.6. The maximum atomic E-state index is 13.3. The summed E-state index contributed by atoms with van der Waals surface area (Å²) in [5.41, 5.74) is -0.233. The van der Waals surface area contributed by atoms with Crippen LogP contribution in [-0.4, -0.2) is 31.8 Å². The number of tetrazole rings is 1. The van der Waals surface area contributed by atoms with E-state index in [1.165, 1.54) is 18.2 Å². The molecular weight excluding hydrogens is 407 g/mol. The summed E-state index contributed by atoms with van der Waals surface area (Å²) in [6.45, 7) is 0. The third-order valence-corrected chi connectivity index (χ3v) is 4.94. The number of hydrogen-bond donors (Lipinski definition) is 1. The van der Waals surface area contributed by atoms with Gasteiger partial charge in [0.1, 0.15) is 0 Å². The van der Waals surface area contributed by atoms with Crippen molar-refractivity contribution in [1.82, 2.24) is 20.6 Å². The number of benzene rings is 2. The van der Waals surface area contributed by atoms with E-state index < -0.39 is 28.6 Å². The summed E-state index contributed by atoms with van der Waals surface area (Å²) >= 11 is 0.585. The lowest BCUT2D eigenvalue weighted by Gasteiger charge is -2.18. The van der Waals surface area contributed by atoms with Gasteiger partial charge in [-0.25, -0.2) is 10.00 Å². The maximum absolute atomic E-state index is 13.3. The molecule has 11 heteroatoms. The zero-order valence-electron chi connectivity index (χ0n) is 14.3. The summed E-state index contributed by atoms with van der Waals surface area (Å²) in [4.78, 5) is 25.6. The molecule has 146 valence electrons. The zero-order valence-corrected chi connectivity index (χ0v) is 15.2. The topological polar surface area (TPSA) is 91.8 Å². The van der Waals surface area contributed by atoms with Gasteiger partial charge in [0.15, 0.2) is 5.82 Å². The summed E-state index contributed by atoms with van der Waals surface area (Å²) in [7, 11) is 0. The van der Waals surface area contributed by atoms with E-state index in [0.717, 1.165) is 12.1 Å². The van der Waals surface area contributed by atoms with Crippen LogP contribution in [0.4, 0.5) is 23.7 Å². The Morgan fingerprint density at radius 2 is 1.76 bits per heavy atom. The highest BCUT2D eigenvalue weighted by Crippen LogP contribution is 2.42. The fourth-order valence-electron chi connectivity index (χ4n) is 2.75. The van der Waals surface area contributed by atoms with Crippen LogP contribution in [0.2, 0.25) is 0 Å². The van der Waals surface area contributed by atoms with Gasteiger partial charge in [0.05, 0.1) is 16.2 Å². The number of para-hydroxylation sites is 1. The number of rotatable bonds is 3. The molecule has 2 amide bonds. The van der Waals surface area contributed by atoms with Crippen molar-refractivity contribution in [2.45, 2.75) is 6.18 Å². The summed E-state index contributed by atoms with van der Waals surface area (Å²) in [5.74, 6) is -0.346. The highest BCUT2D eigenvalue weighted by atomic mass is 32.2. The molecule has 1 aliphatic rings. The van der Waals surface area contributed by atoms with Crippen molar-refractivity contribution in [3.8, 4) is 11.4 Å². The Balaban J connectivity index is 1.64.